The summed E-state index contributed by atoms with van der Waals surface area (Å²) in [5, 5.41) is 6.00. The highest BCUT2D eigenvalue weighted by Gasteiger charge is 2.55. The van der Waals surface area contributed by atoms with E-state index >= 15 is 0 Å². The van der Waals surface area contributed by atoms with E-state index in [1.54, 1.807) is 0 Å². The Morgan fingerprint density at radius 3 is 2.79 bits per heavy atom. The fourth-order valence-corrected chi connectivity index (χ4v) is 4.30. The maximum atomic E-state index is 12.8. The topological polar surface area (TPSA) is 91.4 Å². The van der Waals surface area contributed by atoms with Crippen LogP contribution in [-0.4, -0.2) is 39.8 Å². The fraction of sp³-hybridized carbons (Fsp3) is 0.625. The minimum atomic E-state index is -0.829. The summed E-state index contributed by atoms with van der Waals surface area (Å²) in [5.41, 5.74) is 0.0320. The molecule has 1 aromatic rings. The van der Waals surface area contributed by atoms with Gasteiger partial charge in [-0.15, -0.1) is 11.3 Å². The van der Waals surface area contributed by atoms with E-state index in [2.05, 4.69) is 15.6 Å². The zero-order chi connectivity index (χ0) is 17.5. The largest absolute Gasteiger partial charge is 0.325 e. The zero-order valence-electron chi connectivity index (χ0n) is 14.1. The highest BCUT2D eigenvalue weighted by atomic mass is 32.1. The third-order valence-corrected chi connectivity index (χ3v) is 6.07. The molecule has 1 aliphatic heterocycles. The molecule has 1 aliphatic carbocycles. The maximum absolute atomic E-state index is 12.8. The summed E-state index contributed by atoms with van der Waals surface area (Å²) in [6, 6.07) is -0.476. The van der Waals surface area contributed by atoms with Gasteiger partial charge in [-0.3, -0.25) is 14.5 Å². The Balaban J connectivity index is 1.69. The molecule has 0 radical (unpaired) electrons. The first-order chi connectivity index (χ1) is 11.3. The van der Waals surface area contributed by atoms with Crippen LogP contribution in [0.5, 0.6) is 0 Å². The summed E-state index contributed by atoms with van der Waals surface area (Å²) in [5.74, 6) is -0.603. The Labute approximate surface area is 144 Å². The molecule has 130 valence electrons. The number of aromatic nitrogens is 1. The number of nitrogens with one attached hydrogen (secondary N) is 2. The van der Waals surface area contributed by atoms with Gasteiger partial charge < -0.3 is 10.6 Å². The molecule has 2 fully saturated rings. The lowest BCUT2D eigenvalue weighted by atomic mass is 9.73. The number of hydrogen-bond donors (Lipinski definition) is 2. The SMILES string of the molecule is Cc1nc(NC(=O)CN2C(=O)N[C@]3(CCCC[C@H]3C)C2=O)sc1C. The second kappa shape index (κ2) is 6.16. The van der Waals surface area contributed by atoms with Crippen LogP contribution in [0.4, 0.5) is 9.93 Å². The maximum Gasteiger partial charge on any atom is 0.325 e. The predicted molar refractivity (Wildman–Crippen MR) is 90.8 cm³/mol. The van der Waals surface area contributed by atoms with Crippen LogP contribution in [0.1, 0.15) is 43.2 Å². The molecule has 1 saturated carbocycles. The molecule has 3 rings (SSSR count). The van der Waals surface area contributed by atoms with E-state index in [9.17, 15) is 14.4 Å². The summed E-state index contributed by atoms with van der Waals surface area (Å²) >= 11 is 1.38. The number of nitrogens with zero attached hydrogens (tertiary/aromatic N) is 2. The van der Waals surface area contributed by atoms with Gasteiger partial charge in [0.1, 0.15) is 12.1 Å². The van der Waals surface area contributed by atoms with Crippen LogP contribution < -0.4 is 10.6 Å². The Hall–Kier alpha value is -1.96. The monoisotopic (exact) mass is 350 g/mol. The average Bonchev–Trinajstić information content (AvgIpc) is 2.94. The molecule has 2 aliphatic rings. The molecule has 24 heavy (non-hydrogen) atoms. The predicted octanol–water partition coefficient (Wildman–Crippen LogP) is 2.20. The number of urea groups is 1. The minimum Gasteiger partial charge on any atom is -0.323 e. The lowest BCUT2D eigenvalue weighted by Crippen LogP contribution is -2.54. The molecule has 0 aromatic carbocycles. The Kier molecular flexibility index (Phi) is 4.33. The Morgan fingerprint density at radius 2 is 2.17 bits per heavy atom. The smallest absolute Gasteiger partial charge is 0.323 e. The van der Waals surface area contributed by atoms with Crippen molar-refractivity contribution in [3.8, 4) is 0 Å². The normalized spacial score (nSPS) is 26.8. The van der Waals surface area contributed by atoms with Gasteiger partial charge >= 0.3 is 6.03 Å². The minimum absolute atomic E-state index is 0.0834. The number of thiazole rings is 1. The lowest BCUT2D eigenvalue weighted by Gasteiger charge is -2.36. The van der Waals surface area contributed by atoms with Gasteiger partial charge in [0.2, 0.25) is 5.91 Å². The molecule has 4 amide bonds. The summed E-state index contributed by atoms with van der Waals surface area (Å²) in [6.45, 7) is 5.50. The van der Waals surface area contributed by atoms with Crippen molar-refractivity contribution in [2.24, 2.45) is 5.92 Å². The molecule has 1 saturated heterocycles. The Morgan fingerprint density at radius 1 is 1.42 bits per heavy atom. The third-order valence-electron chi connectivity index (χ3n) is 5.08. The zero-order valence-corrected chi connectivity index (χ0v) is 15.0. The van der Waals surface area contributed by atoms with Crippen molar-refractivity contribution in [1.82, 2.24) is 15.2 Å². The van der Waals surface area contributed by atoms with Gasteiger partial charge in [-0.2, -0.15) is 0 Å². The van der Waals surface area contributed by atoms with E-state index in [1.165, 1.54) is 11.3 Å². The van der Waals surface area contributed by atoms with E-state index in [0.29, 0.717) is 11.6 Å². The molecular formula is C16H22N4O3S. The van der Waals surface area contributed by atoms with Gasteiger partial charge in [-0.25, -0.2) is 9.78 Å². The van der Waals surface area contributed by atoms with Crippen molar-refractivity contribution in [1.29, 1.82) is 0 Å². The number of rotatable bonds is 3. The summed E-state index contributed by atoms with van der Waals surface area (Å²) in [6.07, 6.45) is 3.52. The molecule has 0 bridgehead atoms. The van der Waals surface area contributed by atoms with E-state index in [4.69, 9.17) is 0 Å². The number of carbonyl (C=O) groups is 3. The first-order valence-corrected chi connectivity index (χ1v) is 9.03. The van der Waals surface area contributed by atoms with Gasteiger partial charge in [0.05, 0.1) is 5.69 Å². The third kappa shape index (κ3) is 2.79. The van der Waals surface area contributed by atoms with Crippen molar-refractivity contribution in [3.63, 3.8) is 0 Å². The second-order valence-electron chi connectivity index (χ2n) is 6.65. The van der Waals surface area contributed by atoms with Gasteiger partial charge in [-0.1, -0.05) is 19.8 Å². The van der Waals surface area contributed by atoms with E-state index < -0.39 is 17.5 Å². The van der Waals surface area contributed by atoms with Crippen LogP contribution in [0.25, 0.3) is 0 Å². The molecule has 0 unspecified atom stereocenters. The molecule has 2 atom stereocenters. The van der Waals surface area contributed by atoms with Crippen LogP contribution >= 0.6 is 11.3 Å². The molecule has 1 aromatic heterocycles. The van der Waals surface area contributed by atoms with Crippen molar-refractivity contribution >= 4 is 34.3 Å². The second-order valence-corrected chi connectivity index (χ2v) is 7.85. The molecule has 8 heteroatoms. The standard InChI is InChI=1S/C16H22N4O3S/c1-9-6-4-5-7-16(9)13(22)20(15(23)19-16)8-12(21)18-14-17-10(2)11(3)24-14/h9H,4-8H2,1-3H3,(H,19,23)(H,17,18,21)/t9-,16+/m1/s1. The highest BCUT2D eigenvalue weighted by Crippen LogP contribution is 2.38. The van der Waals surface area contributed by atoms with Crippen molar-refractivity contribution in [3.05, 3.63) is 10.6 Å². The Bertz CT molecular complexity index is 682. The van der Waals surface area contributed by atoms with Gasteiger partial charge in [-0.05, 0) is 32.6 Å². The van der Waals surface area contributed by atoms with Crippen molar-refractivity contribution in [2.75, 3.05) is 11.9 Å². The highest BCUT2D eigenvalue weighted by molar-refractivity contribution is 7.15. The van der Waals surface area contributed by atoms with Crippen molar-refractivity contribution in [2.45, 2.75) is 52.0 Å². The van der Waals surface area contributed by atoms with Gasteiger partial charge in [0.15, 0.2) is 5.13 Å². The van der Waals surface area contributed by atoms with Gasteiger partial charge in [0, 0.05) is 4.88 Å². The van der Waals surface area contributed by atoms with Crippen LogP contribution in [0.3, 0.4) is 0 Å². The molecule has 2 heterocycles. The molecule has 2 N–H and O–H groups in total. The summed E-state index contributed by atoms with van der Waals surface area (Å²) < 4.78 is 0. The van der Waals surface area contributed by atoms with Crippen LogP contribution in [0.15, 0.2) is 0 Å². The fourth-order valence-electron chi connectivity index (χ4n) is 3.47. The van der Waals surface area contributed by atoms with Crippen LogP contribution in [0.2, 0.25) is 0 Å². The molecule has 7 nitrogen and oxygen atoms in total. The number of anilines is 1. The van der Waals surface area contributed by atoms with Crippen LogP contribution in [0, 0.1) is 19.8 Å². The number of carbonyl (C=O) groups excluding carboxylic acids is 3. The van der Waals surface area contributed by atoms with E-state index in [0.717, 1.165) is 34.7 Å². The molecule has 1 spiro atoms. The van der Waals surface area contributed by atoms with Crippen LogP contribution in [-0.2, 0) is 9.59 Å². The summed E-state index contributed by atoms with van der Waals surface area (Å²) in [7, 11) is 0. The number of amides is 4. The summed E-state index contributed by atoms with van der Waals surface area (Å²) in [4.78, 5) is 43.6. The van der Waals surface area contributed by atoms with Crippen molar-refractivity contribution < 1.29 is 14.4 Å². The number of hydrogen-bond acceptors (Lipinski definition) is 5. The molecular weight excluding hydrogens is 328 g/mol. The average molecular weight is 350 g/mol. The quantitative estimate of drug-likeness (QED) is 0.818. The first kappa shape index (κ1) is 16.9. The lowest BCUT2D eigenvalue weighted by molar-refractivity contribution is -0.136. The number of aryl methyl sites for hydroxylation is 2. The number of imide groups is 1. The van der Waals surface area contributed by atoms with Gasteiger partial charge in [0.25, 0.3) is 5.91 Å². The first-order valence-electron chi connectivity index (χ1n) is 8.21. The van der Waals surface area contributed by atoms with E-state index in [-0.39, 0.29) is 18.4 Å². The van der Waals surface area contributed by atoms with E-state index in [1.807, 2.05) is 20.8 Å².